The molecular formula is C18H23FN2O3. The van der Waals surface area contributed by atoms with Gasteiger partial charge in [0, 0.05) is 31.3 Å². The van der Waals surface area contributed by atoms with E-state index >= 15 is 0 Å². The highest BCUT2D eigenvalue weighted by molar-refractivity contribution is 5.92. The number of pyridine rings is 1. The molecule has 2 heterocycles. The van der Waals surface area contributed by atoms with Crippen LogP contribution >= 0.6 is 0 Å². The van der Waals surface area contributed by atoms with E-state index in [1.54, 1.807) is 13.2 Å². The molecule has 1 atom stereocenters. The number of halogens is 1. The van der Waals surface area contributed by atoms with Crippen molar-refractivity contribution >= 4 is 16.6 Å². The van der Waals surface area contributed by atoms with Crippen LogP contribution in [0.2, 0.25) is 0 Å². The smallest absolute Gasteiger partial charge is 0.124 e. The molecule has 5 nitrogen and oxygen atoms in total. The van der Waals surface area contributed by atoms with Crippen LogP contribution in [0, 0.1) is 5.82 Å². The van der Waals surface area contributed by atoms with Gasteiger partial charge in [-0.3, -0.25) is 4.98 Å². The average Bonchev–Trinajstić information content (AvgIpc) is 2.53. The molecule has 1 aliphatic heterocycles. The van der Waals surface area contributed by atoms with E-state index in [9.17, 15) is 9.50 Å². The van der Waals surface area contributed by atoms with Crippen LogP contribution in [0.4, 0.5) is 10.1 Å². The summed E-state index contributed by atoms with van der Waals surface area (Å²) in [6, 6.07) is 6.53. The monoisotopic (exact) mass is 334 g/mol. The van der Waals surface area contributed by atoms with Crippen molar-refractivity contribution in [1.29, 1.82) is 0 Å². The van der Waals surface area contributed by atoms with E-state index in [1.807, 2.05) is 19.9 Å². The van der Waals surface area contributed by atoms with E-state index in [4.69, 9.17) is 9.47 Å². The Labute approximate surface area is 141 Å². The maximum absolute atomic E-state index is 13.8. The van der Waals surface area contributed by atoms with Gasteiger partial charge >= 0.3 is 0 Å². The molecule has 1 aromatic heterocycles. The number of aromatic nitrogens is 1. The number of ether oxygens (including phenoxy) is 2. The number of hydrogen-bond donors (Lipinski definition) is 1. The van der Waals surface area contributed by atoms with Crippen molar-refractivity contribution in [2.75, 3.05) is 31.7 Å². The van der Waals surface area contributed by atoms with Crippen molar-refractivity contribution in [2.45, 2.75) is 32.2 Å². The van der Waals surface area contributed by atoms with Crippen molar-refractivity contribution in [2.24, 2.45) is 0 Å². The number of aliphatic hydroxyl groups is 1. The summed E-state index contributed by atoms with van der Waals surface area (Å²) in [5.74, 6) is -0.295. The SMILES string of the molecule is COCc1cc(N2C[C@H](CO)OC(C)(C)C2)c2cc(F)ccc2n1. The molecule has 0 saturated carbocycles. The van der Waals surface area contributed by atoms with Gasteiger partial charge in [-0.25, -0.2) is 4.39 Å². The van der Waals surface area contributed by atoms with E-state index in [0.717, 1.165) is 22.3 Å². The van der Waals surface area contributed by atoms with Crippen LogP contribution in [0.3, 0.4) is 0 Å². The summed E-state index contributed by atoms with van der Waals surface area (Å²) in [5, 5.41) is 10.3. The predicted octanol–water partition coefficient (Wildman–Crippen LogP) is 2.50. The van der Waals surface area contributed by atoms with Crippen LogP contribution in [0.15, 0.2) is 24.3 Å². The lowest BCUT2D eigenvalue weighted by atomic mass is 10.0. The van der Waals surface area contributed by atoms with Gasteiger partial charge in [-0.05, 0) is 38.1 Å². The fourth-order valence-corrected chi connectivity index (χ4v) is 3.29. The molecule has 2 aromatic rings. The summed E-state index contributed by atoms with van der Waals surface area (Å²) in [5.41, 5.74) is 2.00. The first-order valence-electron chi connectivity index (χ1n) is 8.03. The Morgan fingerprint density at radius 2 is 2.21 bits per heavy atom. The summed E-state index contributed by atoms with van der Waals surface area (Å²) in [6.07, 6.45) is -0.281. The Bertz CT molecular complexity index is 736. The first-order chi connectivity index (χ1) is 11.4. The number of methoxy groups -OCH3 is 1. The Kier molecular flexibility index (Phi) is 4.71. The van der Waals surface area contributed by atoms with Crippen molar-refractivity contribution in [3.05, 3.63) is 35.8 Å². The first-order valence-corrected chi connectivity index (χ1v) is 8.03. The van der Waals surface area contributed by atoms with Gasteiger partial charge in [0.05, 0.1) is 36.1 Å². The van der Waals surface area contributed by atoms with Gasteiger partial charge in [0.2, 0.25) is 0 Å². The van der Waals surface area contributed by atoms with Gasteiger partial charge in [0.25, 0.3) is 0 Å². The molecule has 6 heteroatoms. The maximum Gasteiger partial charge on any atom is 0.124 e. The van der Waals surface area contributed by atoms with Gasteiger partial charge in [-0.1, -0.05) is 0 Å². The Hall–Kier alpha value is -1.76. The van der Waals surface area contributed by atoms with Gasteiger partial charge in [0.15, 0.2) is 0 Å². The van der Waals surface area contributed by atoms with E-state index < -0.39 is 5.60 Å². The fourth-order valence-electron chi connectivity index (χ4n) is 3.29. The van der Waals surface area contributed by atoms with E-state index in [1.165, 1.54) is 12.1 Å². The molecule has 1 aromatic carbocycles. The van der Waals surface area contributed by atoms with Crippen LogP contribution in [-0.2, 0) is 16.1 Å². The zero-order chi connectivity index (χ0) is 17.3. The minimum absolute atomic E-state index is 0.0533. The fraction of sp³-hybridized carbons (Fsp3) is 0.500. The molecule has 0 unspecified atom stereocenters. The molecule has 0 radical (unpaired) electrons. The van der Waals surface area contributed by atoms with E-state index in [-0.39, 0.29) is 18.5 Å². The second kappa shape index (κ2) is 6.63. The van der Waals surface area contributed by atoms with Crippen LogP contribution in [0.1, 0.15) is 19.5 Å². The van der Waals surface area contributed by atoms with Crippen molar-refractivity contribution in [3.63, 3.8) is 0 Å². The molecule has 0 amide bonds. The summed E-state index contributed by atoms with van der Waals surface area (Å²) < 4.78 is 24.9. The summed E-state index contributed by atoms with van der Waals surface area (Å²) in [7, 11) is 1.62. The lowest BCUT2D eigenvalue weighted by molar-refractivity contribution is -0.100. The third kappa shape index (κ3) is 3.50. The largest absolute Gasteiger partial charge is 0.394 e. The second-order valence-corrected chi connectivity index (χ2v) is 6.79. The number of hydrogen-bond acceptors (Lipinski definition) is 5. The zero-order valence-corrected chi connectivity index (χ0v) is 14.3. The standard InChI is InChI=1S/C18H23FN2O3/c1-18(2)11-21(8-14(9-22)24-18)17-7-13(10-23-3)20-16-5-4-12(19)6-15(16)17/h4-7,14,22H,8-11H2,1-3H3/t14-/m1/s1. The highest BCUT2D eigenvalue weighted by Gasteiger charge is 2.34. The summed E-state index contributed by atoms with van der Waals surface area (Å²) in [4.78, 5) is 6.67. The normalized spacial score (nSPS) is 20.5. The van der Waals surface area contributed by atoms with Crippen molar-refractivity contribution in [3.8, 4) is 0 Å². The van der Waals surface area contributed by atoms with Gasteiger partial charge in [-0.15, -0.1) is 0 Å². The molecule has 0 aliphatic carbocycles. The second-order valence-electron chi connectivity index (χ2n) is 6.79. The lowest BCUT2D eigenvalue weighted by Gasteiger charge is -2.43. The average molecular weight is 334 g/mol. The van der Waals surface area contributed by atoms with Crippen LogP contribution in [-0.4, -0.2) is 48.6 Å². The number of nitrogens with zero attached hydrogens (tertiary/aromatic N) is 2. The third-order valence-corrected chi connectivity index (χ3v) is 4.12. The number of fused-ring (bicyclic) bond motifs is 1. The minimum atomic E-state index is -0.407. The number of benzene rings is 1. The molecular weight excluding hydrogens is 311 g/mol. The lowest BCUT2D eigenvalue weighted by Crippen LogP contribution is -2.54. The number of aliphatic hydroxyl groups excluding tert-OH is 1. The zero-order valence-electron chi connectivity index (χ0n) is 14.3. The molecule has 0 spiro atoms. The highest BCUT2D eigenvalue weighted by atomic mass is 19.1. The van der Waals surface area contributed by atoms with E-state index in [2.05, 4.69) is 9.88 Å². The van der Waals surface area contributed by atoms with Crippen LogP contribution < -0.4 is 4.90 Å². The van der Waals surface area contributed by atoms with Crippen molar-refractivity contribution in [1.82, 2.24) is 4.98 Å². The molecule has 1 N–H and O–H groups in total. The molecule has 1 aliphatic rings. The first kappa shape index (κ1) is 17.1. The molecule has 3 rings (SSSR count). The topological polar surface area (TPSA) is 54.8 Å². The van der Waals surface area contributed by atoms with Crippen LogP contribution in [0.25, 0.3) is 10.9 Å². The molecule has 1 fully saturated rings. The summed E-state index contributed by atoms with van der Waals surface area (Å²) in [6.45, 7) is 5.50. The van der Waals surface area contributed by atoms with Gasteiger partial charge in [0.1, 0.15) is 5.82 Å². The minimum Gasteiger partial charge on any atom is -0.394 e. The Morgan fingerprint density at radius 1 is 1.42 bits per heavy atom. The molecule has 0 bridgehead atoms. The van der Waals surface area contributed by atoms with E-state index in [0.29, 0.717) is 19.7 Å². The predicted molar refractivity (Wildman–Crippen MR) is 90.7 cm³/mol. The quantitative estimate of drug-likeness (QED) is 0.931. The van der Waals surface area contributed by atoms with Gasteiger partial charge in [-0.2, -0.15) is 0 Å². The summed E-state index contributed by atoms with van der Waals surface area (Å²) >= 11 is 0. The molecule has 24 heavy (non-hydrogen) atoms. The number of anilines is 1. The van der Waals surface area contributed by atoms with Gasteiger partial charge < -0.3 is 19.5 Å². The Morgan fingerprint density at radius 3 is 2.92 bits per heavy atom. The van der Waals surface area contributed by atoms with Crippen molar-refractivity contribution < 1.29 is 19.0 Å². The highest BCUT2D eigenvalue weighted by Crippen LogP contribution is 2.32. The van der Waals surface area contributed by atoms with Crippen LogP contribution in [0.5, 0.6) is 0 Å². The molecule has 1 saturated heterocycles. The molecule has 130 valence electrons. The number of rotatable bonds is 4. The maximum atomic E-state index is 13.8. The Balaban J connectivity index is 2.10. The third-order valence-electron chi connectivity index (χ3n) is 4.12. The number of morpholine rings is 1.